The lowest BCUT2D eigenvalue weighted by Crippen LogP contribution is -2.37. The maximum absolute atomic E-state index is 14.1. The molecule has 0 fully saturated rings. The molecule has 0 aliphatic carbocycles. The highest BCUT2D eigenvalue weighted by Crippen LogP contribution is 2.51. The molecule has 0 saturated heterocycles. The zero-order valence-corrected chi connectivity index (χ0v) is 11.1. The number of rotatable bonds is 3. The fourth-order valence-electron chi connectivity index (χ4n) is 1.99. The molecule has 0 N–H and O–H groups in total. The Kier molecular flexibility index (Phi) is 3.93. The SMILES string of the molecule is Cc1cc(F)c(C(F)(F)C(F)(F)c2ccccc2)c(F)c1F. The minimum absolute atomic E-state index is 0.253. The molecule has 22 heavy (non-hydrogen) atoms. The zero-order chi connectivity index (χ0) is 16.7. The predicted molar refractivity (Wildman–Crippen MR) is 65.3 cm³/mol. The topological polar surface area (TPSA) is 0 Å². The Bertz CT molecular complexity index is 693. The molecule has 2 rings (SSSR count). The summed E-state index contributed by atoms with van der Waals surface area (Å²) in [5.41, 5.74) is -4.03. The first kappa shape index (κ1) is 16.3. The van der Waals surface area contributed by atoms with E-state index in [1.807, 2.05) is 0 Å². The molecular weight excluding hydrogens is 313 g/mol. The van der Waals surface area contributed by atoms with E-state index < -0.39 is 46.0 Å². The van der Waals surface area contributed by atoms with Crippen LogP contribution in [0.15, 0.2) is 36.4 Å². The molecule has 0 aliphatic heterocycles. The van der Waals surface area contributed by atoms with Crippen LogP contribution in [0, 0.1) is 24.4 Å². The second-order valence-corrected chi connectivity index (χ2v) is 4.69. The van der Waals surface area contributed by atoms with Crippen molar-refractivity contribution < 1.29 is 30.7 Å². The summed E-state index contributed by atoms with van der Waals surface area (Å²) in [6, 6.07) is 5.08. The van der Waals surface area contributed by atoms with Gasteiger partial charge in [-0.1, -0.05) is 30.3 Å². The first-order valence-electron chi connectivity index (χ1n) is 6.06. The maximum Gasteiger partial charge on any atom is 0.345 e. The van der Waals surface area contributed by atoms with Crippen LogP contribution in [-0.4, -0.2) is 0 Å². The number of hydrogen-bond acceptors (Lipinski definition) is 0. The summed E-state index contributed by atoms with van der Waals surface area (Å²) >= 11 is 0. The summed E-state index contributed by atoms with van der Waals surface area (Å²) in [6.07, 6.45) is 0. The quantitative estimate of drug-likeness (QED) is 0.532. The molecule has 7 heteroatoms. The van der Waals surface area contributed by atoms with Crippen LogP contribution >= 0.6 is 0 Å². The monoisotopic (exact) mass is 322 g/mol. The Hall–Kier alpha value is -2.05. The standard InChI is InChI=1S/C15H9F7/c1-8-7-10(16)11(13(18)12(8)17)15(21,22)14(19,20)9-5-3-2-4-6-9/h2-7H,1H3. The number of halogens is 7. The molecule has 0 aromatic heterocycles. The lowest BCUT2D eigenvalue weighted by molar-refractivity contribution is -0.226. The molecule has 0 atom stereocenters. The van der Waals surface area contributed by atoms with Gasteiger partial charge in [-0.25, -0.2) is 13.2 Å². The van der Waals surface area contributed by atoms with E-state index in [4.69, 9.17) is 0 Å². The summed E-state index contributed by atoms with van der Waals surface area (Å²) in [4.78, 5) is 0. The fraction of sp³-hybridized carbons (Fsp3) is 0.200. The highest BCUT2D eigenvalue weighted by atomic mass is 19.3. The lowest BCUT2D eigenvalue weighted by atomic mass is 9.94. The van der Waals surface area contributed by atoms with Crippen LogP contribution in [0.25, 0.3) is 0 Å². The minimum atomic E-state index is -5.27. The van der Waals surface area contributed by atoms with Gasteiger partial charge in [0.25, 0.3) is 0 Å². The Morgan fingerprint density at radius 1 is 0.773 bits per heavy atom. The molecule has 0 bridgehead atoms. The van der Waals surface area contributed by atoms with Crippen LogP contribution in [0.3, 0.4) is 0 Å². The molecule has 0 saturated carbocycles. The number of hydrogen-bond donors (Lipinski definition) is 0. The van der Waals surface area contributed by atoms with Crippen LogP contribution in [0.2, 0.25) is 0 Å². The number of benzene rings is 2. The van der Waals surface area contributed by atoms with Crippen molar-refractivity contribution in [3.05, 3.63) is 70.5 Å². The highest BCUT2D eigenvalue weighted by Gasteiger charge is 2.61. The minimum Gasteiger partial charge on any atom is -0.206 e. The summed E-state index contributed by atoms with van der Waals surface area (Å²) < 4.78 is 96.7. The summed E-state index contributed by atoms with van der Waals surface area (Å²) in [6.45, 7) is 0.929. The summed E-state index contributed by atoms with van der Waals surface area (Å²) in [5.74, 6) is -16.2. The van der Waals surface area contributed by atoms with Crippen molar-refractivity contribution in [1.29, 1.82) is 0 Å². The molecule has 0 nitrogen and oxygen atoms in total. The van der Waals surface area contributed by atoms with Gasteiger partial charge in [-0.05, 0) is 18.6 Å². The average Bonchev–Trinajstić information content (AvgIpc) is 2.45. The molecule has 0 amide bonds. The predicted octanol–water partition coefficient (Wildman–Crippen LogP) is 5.30. The van der Waals surface area contributed by atoms with Crippen LogP contribution in [-0.2, 0) is 11.8 Å². The van der Waals surface area contributed by atoms with Crippen molar-refractivity contribution >= 4 is 0 Å². The van der Waals surface area contributed by atoms with Crippen LogP contribution < -0.4 is 0 Å². The van der Waals surface area contributed by atoms with Crippen LogP contribution in [0.1, 0.15) is 16.7 Å². The van der Waals surface area contributed by atoms with E-state index in [0.717, 1.165) is 19.1 Å². The van der Waals surface area contributed by atoms with Gasteiger partial charge in [0.2, 0.25) is 0 Å². The average molecular weight is 322 g/mol. The molecule has 0 spiro atoms. The Labute approximate surface area is 121 Å². The van der Waals surface area contributed by atoms with E-state index in [0.29, 0.717) is 12.1 Å². The molecule has 2 aromatic rings. The normalized spacial score (nSPS) is 12.5. The van der Waals surface area contributed by atoms with Crippen LogP contribution in [0.4, 0.5) is 30.7 Å². The van der Waals surface area contributed by atoms with Gasteiger partial charge in [-0.15, -0.1) is 0 Å². The van der Waals surface area contributed by atoms with Gasteiger partial charge in [-0.3, -0.25) is 0 Å². The number of aryl methyl sites for hydroxylation is 1. The third-order valence-electron chi connectivity index (χ3n) is 3.19. The first-order chi connectivity index (χ1) is 10.1. The molecule has 2 aromatic carbocycles. The van der Waals surface area contributed by atoms with E-state index in [9.17, 15) is 30.7 Å². The van der Waals surface area contributed by atoms with Crippen LogP contribution in [0.5, 0.6) is 0 Å². The van der Waals surface area contributed by atoms with Crippen molar-refractivity contribution in [3.63, 3.8) is 0 Å². The van der Waals surface area contributed by atoms with Gasteiger partial charge in [0.15, 0.2) is 11.6 Å². The Balaban J connectivity index is 2.68. The van der Waals surface area contributed by atoms with Crippen molar-refractivity contribution in [2.75, 3.05) is 0 Å². The van der Waals surface area contributed by atoms with E-state index >= 15 is 0 Å². The van der Waals surface area contributed by atoms with Gasteiger partial charge in [-0.2, -0.15) is 17.6 Å². The third kappa shape index (κ3) is 2.34. The fourth-order valence-corrected chi connectivity index (χ4v) is 1.99. The third-order valence-corrected chi connectivity index (χ3v) is 3.19. The molecule has 0 heterocycles. The summed E-state index contributed by atoms with van der Waals surface area (Å²) in [5, 5.41) is 0. The van der Waals surface area contributed by atoms with Gasteiger partial charge in [0.1, 0.15) is 11.4 Å². The van der Waals surface area contributed by atoms with E-state index in [1.165, 1.54) is 6.07 Å². The molecule has 0 aliphatic rings. The lowest BCUT2D eigenvalue weighted by Gasteiger charge is -2.28. The second kappa shape index (κ2) is 5.30. The molecule has 118 valence electrons. The first-order valence-corrected chi connectivity index (χ1v) is 6.06. The maximum atomic E-state index is 14.1. The Morgan fingerprint density at radius 3 is 1.86 bits per heavy atom. The van der Waals surface area contributed by atoms with Crippen molar-refractivity contribution in [2.24, 2.45) is 0 Å². The van der Waals surface area contributed by atoms with Crippen molar-refractivity contribution in [2.45, 2.75) is 18.8 Å². The van der Waals surface area contributed by atoms with E-state index in [1.54, 1.807) is 0 Å². The molecule has 0 unspecified atom stereocenters. The highest BCUT2D eigenvalue weighted by molar-refractivity contribution is 5.35. The largest absolute Gasteiger partial charge is 0.345 e. The summed E-state index contributed by atoms with van der Waals surface area (Å²) in [7, 11) is 0. The van der Waals surface area contributed by atoms with E-state index in [-0.39, 0.29) is 6.07 Å². The van der Waals surface area contributed by atoms with Gasteiger partial charge in [0, 0.05) is 5.56 Å². The Morgan fingerprint density at radius 2 is 1.32 bits per heavy atom. The van der Waals surface area contributed by atoms with Gasteiger partial charge < -0.3 is 0 Å². The van der Waals surface area contributed by atoms with E-state index in [2.05, 4.69) is 0 Å². The second-order valence-electron chi connectivity index (χ2n) is 4.69. The van der Waals surface area contributed by atoms with Gasteiger partial charge in [0.05, 0.1) is 0 Å². The molecular formula is C15H9F7. The van der Waals surface area contributed by atoms with Crippen molar-refractivity contribution in [3.8, 4) is 0 Å². The van der Waals surface area contributed by atoms with Crippen molar-refractivity contribution in [1.82, 2.24) is 0 Å². The van der Waals surface area contributed by atoms with Gasteiger partial charge >= 0.3 is 11.8 Å². The smallest absolute Gasteiger partial charge is 0.206 e. The zero-order valence-electron chi connectivity index (χ0n) is 11.1. The molecule has 0 radical (unpaired) electrons. The number of alkyl halides is 4.